The van der Waals surface area contributed by atoms with E-state index in [0.29, 0.717) is 24.0 Å². The van der Waals surface area contributed by atoms with Gasteiger partial charge < -0.3 is 9.47 Å². The van der Waals surface area contributed by atoms with E-state index in [2.05, 4.69) is 37.1 Å². The Balaban J connectivity index is 1.45. The van der Waals surface area contributed by atoms with Crippen molar-refractivity contribution in [1.82, 2.24) is 0 Å². The second-order valence-corrected chi connectivity index (χ2v) is 9.50. The molecule has 2 saturated heterocycles. The molecule has 0 bridgehead atoms. The van der Waals surface area contributed by atoms with Gasteiger partial charge in [-0.3, -0.25) is 0 Å². The van der Waals surface area contributed by atoms with Gasteiger partial charge in [0.2, 0.25) is 0 Å². The number of ether oxygens (including phenoxy) is 2. The van der Waals surface area contributed by atoms with E-state index in [-0.39, 0.29) is 0 Å². The number of thioether (sulfide) groups is 1. The van der Waals surface area contributed by atoms with E-state index in [1.54, 1.807) is 0 Å². The molecular formula is C24H42O2S. The lowest BCUT2D eigenvalue weighted by molar-refractivity contribution is 0.0596. The first-order valence-electron chi connectivity index (χ1n) is 11.4. The zero-order valence-corrected chi connectivity index (χ0v) is 18.2. The van der Waals surface area contributed by atoms with Crippen molar-refractivity contribution < 1.29 is 9.47 Å². The Morgan fingerprint density at radius 2 is 1.26 bits per heavy atom. The number of allylic oxidation sites excluding steroid dienone is 2. The van der Waals surface area contributed by atoms with Crippen LogP contribution in [0.4, 0.5) is 0 Å². The van der Waals surface area contributed by atoms with E-state index >= 15 is 0 Å². The Labute approximate surface area is 172 Å². The van der Waals surface area contributed by atoms with Crippen LogP contribution in [0, 0.1) is 11.8 Å². The number of unbranched alkanes of at least 4 members (excludes halogenated alkanes) is 2. The molecule has 0 aromatic carbocycles. The fourth-order valence-corrected chi connectivity index (χ4v) is 5.63. The van der Waals surface area contributed by atoms with Crippen LogP contribution in [0.15, 0.2) is 25.3 Å². The van der Waals surface area contributed by atoms with Gasteiger partial charge in [0.05, 0.1) is 12.2 Å². The molecule has 4 unspecified atom stereocenters. The summed E-state index contributed by atoms with van der Waals surface area (Å²) >= 11 is 2.14. The summed E-state index contributed by atoms with van der Waals surface area (Å²) in [7, 11) is 0. The molecular weight excluding hydrogens is 352 g/mol. The van der Waals surface area contributed by atoms with Gasteiger partial charge in [-0.15, -0.1) is 13.2 Å². The third kappa shape index (κ3) is 9.19. The Morgan fingerprint density at radius 1 is 0.778 bits per heavy atom. The normalized spacial score (nSPS) is 24.7. The molecule has 2 heterocycles. The summed E-state index contributed by atoms with van der Waals surface area (Å²) in [6.07, 6.45) is 20.4. The minimum absolute atomic E-state index is 0.503. The highest BCUT2D eigenvalue weighted by atomic mass is 32.2. The summed E-state index contributed by atoms with van der Waals surface area (Å²) in [6.45, 7) is 9.80. The third-order valence-corrected chi connectivity index (χ3v) is 7.30. The highest BCUT2D eigenvalue weighted by molar-refractivity contribution is 7.99. The maximum absolute atomic E-state index is 5.90. The molecule has 2 fully saturated rings. The lowest BCUT2D eigenvalue weighted by atomic mass is 9.91. The lowest BCUT2D eigenvalue weighted by Gasteiger charge is -2.21. The summed E-state index contributed by atoms with van der Waals surface area (Å²) in [5.41, 5.74) is 0. The maximum atomic E-state index is 5.90. The molecule has 3 heteroatoms. The van der Waals surface area contributed by atoms with Crippen molar-refractivity contribution in [2.45, 2.75) is 89.3 Å². The Morgan fingerprint density at radius 3 is 1.63 bits per heavy atom. The topological polar surface area (TPSA) is 18.5 Å². The Hall–Kier alpha value is -0.250. The molecule has 27 heavy (non-hydrogen) atoms. The first kappa shape index (κ1) is 23.0. The van der Waals surface area contributed by atoms with E-state index in [1.165, 1.54) is 75.7 Å². The number of hydrogen-bond donors (Lipinski definition) is 0. The molecule has 2 aliphatic rings. The molecule has 0 amide bonds. The SMILES string of the molecule is C=CCC(CCCCSCCCCC(CC=C)C1CCCO1)C1CCCO1. The van der Waals surface area contributed by atoms with Crippen LogP contribution in [-0.4, -0.2) is 36.9 Å². The van der Waals surface area contributed by atoms with Crippen LogP contribution in [0.5, 0.6) is 0 Å². The molecule has 0 spiro atoms. The van der Waals surface area contributed by atoms with Crippen LogP contribution in [0.2, 0.25) is 0 Å². The highest BCUT2D eigenvalue weighted by Gasteiger charge is 2.25. The Bertz CT molecular complexity index is 350. The molecule has 4 atom stereocenters. The summed E-state index contributed by atoms with van der Waals surface area (Å²) < 4.78 is 11.8. The molecule has 0 aliphatic carbocycles. The van der Waals surface area contributed by atoms with E-state index in [9.17, 15) is 0 Å². The van der Waals surface area contributed by atoms with E-state index < -0.39 is 0 Å². The molecule has 0 N–H and O–H groups in total. The molecule has 156 valence electrons. The monoisotopic (exact) mass is 394 g/mol. The number of rotatable bonds is 16. The first-order chi connectivity index (χ1) is 13.3. The van der Waals surface area contributed by atoms with Crippen molar-refractivity contribution in [3.8, 4) is 0 Å². The van der Waals surface area contributed by atoms with Crippen LogP contribution < -0.4 is 0 Å². The molecule has 0 saturated carbocycles. The van der Waals surface area contributed by atoms with Gasteiger partial charge in [-0.05, 0) is 87.5 Å². The van der Waals surface area contributed by atoms with Crippen LogP contribution >= 0.6 is 11.8 Å². The summed E-state index contributed by atoms with van der Waals surface area (Å²) in [5, 5.41) is 0. The van der Waals surface area contributed by atoms with Crippen molar-refractivity contribution in [2.24, 2.45) is 11.8 Å². The molecule has 2 nitrogen and oxygen atoms in total. The summed E-state index contributed by atoms with van der Waals surface area (Å²) in [4.78, 5) is 0. The van der Waals surface area contributed by atoms with Crippen molar-refractivity contribution >= 4 is 11.8 Å². The summed E-state index contributed by atoms with van der Waals surface area (Å²) in [5.74, 6) is 4.03. The van der Waals surface area contributed by atoms with Crippen LogP contribution in [-0.2, 0) is 9.47 Å². The fraction of sp³-hybridized carbons (Fsp3) is 0.833. The smallest absolute Gasteiger partial charge is 0.0607 e. The van der Waals surface area contributed by atoms with E-state index in [4.69, 9.17) is 9.47 Å². The van der Waals surface area contributed by atoms with Gasteiger partial charge in [-0.2, -0.15) is 11.8 Å². The van der Waals surface area contributed by atoms with Crippen LogP contribution in [0.1, 0.15) is 77.0 Å². The van der Waals surface area contributed by atoms with E-state index in [1.807, 2.05) is 0 Å². The fourth-order valence-electron chi connectivity index (χ4n) is 4.61. The second kappa shape index (κ2) is 14.7. The minimum atomic E-state index is 0.503. The largest absolute Gasteiger partial charge is 0.378 e. The van der Waals surface area contributed by atoms with Crippen molar-refractivity contribution in [3.05, 3.63) is 25.3 Å². The second-order valence-electron chi connectivity index (χ2n) is 8.28. The van der Waals surface area contributed by atoms with Crippen LogP contribution in [0.25, 0.3) is 0 Å². The van der Waals surface area contributed by atoms with Crippen molar-refractivity contribution in [3.63, 3.8) is 0 Å². The molecule has 0 aromatic rings. The third-order valence-electron chi connectivity index (χ3n) is 6.15. The molecule has 2 aliphatic heterocycles. The molecule has 2 rings (SSSR count). The number of hydrogen-bond acceptors (Lipinski definition) is 3. The van der Waals surface area contributed by atoms with Crippen LogP contribution in [0.3, 0.4) is 0 Å². The van der Waals surface area contributed by atoms with Crippen molar-refractivity contribution in [1.29, 1.82) is 0 Å². The molecule has 0 radical (unpaired) electrons. The summed E-state index contributed by atoms with van der Waals surface area (Å²) in [6, 6.07) is 0. The first-order valence-corrected chi connectivity index (χ1v) is 12.5. The Kier molecular flexibility index (Phi) is 12.5. The predicted molar refractivity (Wildman–Crippen MR) is 120 cm³/mol. The van der Waals surface area contributed by atoms with Gasteiger partial charge in [0.25, 0.3) is 0 Å². The average Bonchev–Trinajstić information content (AvgIpc) is 3.39. The van der Waals surface area contributed by atoms with Gasteiger partial charge in [0.1, 0.15) is 0 Å². The maximum Gasteiger partial charge on any atom is 0.0607 e. The quantitative estimate of drug-likeness (QED) is 0.212. The lowest BCUT2D eigenvalue weighted by Crippen LogP contribution is -2.19. The minimum Gasteiger partial charge on any atom is -0.378 e. The van der Waals surface area contributed by atoms with Gasteiger partial charge in [-0.1, -0.05) is 25.0 Å². The zero-order chi connectivity index (χ0) is 19.2. The predicted octanol–water partition coefficient (Wildman–Crippen LogP) is 6.80. The van der Waals surface area contributed by atoms with Gasteiger partial charge >= 0.3 is 0 Å². The van der Waals surface area contributed by atoms with Gasteiger partial charge in [-0.25, -0.2) is 0 Å². The van der Waals surface area contributed by atoms with Gasteiger partial charge in [0, 0.05) is 13.2 Å². The average molecular weight is 395 g/mol. The van der Waals surface area contributed by atoms with E-state index in [0.717, 1.165) is 26.1 Å². The zero-order valence-electron chi connectivity index (χ0n) is 17.4. The standard InChI is InChI=1S/C24H42O2S/c1-3-11-21(23-15-9-17-25-23)13-5-7-19-27-20-8-6-14-22(12-4-2)24-16-10-18-26-24/h3-4,21-24H,1-2,5-20H2. The highest BCUT2D eigenvalue weighted by Crippen LogP contribution is 2.29. The van der Waals surface area contributed by atoms with Crippen molar-refractivity contribution in [2.75, 3.05) is 24.7 Å². The van der Waals surface area contributed by atoms with Gasteiger partial charge in [0.15, 0.2) is 0 Å². The molecule has 0 aromatic heterocycles.